The van der Waals surface area contributed by atoms with Crippen LogP contribution in [0.5, 0.6) is 0 Å². The fourth-order valence-electron chi connectivity index (χ4n) is 4.66. The van der Waals surface area contributed by atoms with E-state index in [1.807, 2.05) is 0 Å². The lowest BCUT2D eigenvalue weighted by molar-refractivity contribution is -0.395. The summed E-state index contributed by atoms with van der Waals surface area (Å²) in [5.74, 6) is -2.93. The largest absolute Gasteiger partial charge is 0.376 e. The third kappa shape index (κ3) is 5.87. The van der Waals surface area contributed by atoms with Gasteiger partial charge in [0.05, 0.1) is 0 Å². The number of piperidine rings is 2. The van der Waals surface area contributed by atoms with Gasteiger partial charge in [-0.3, -0.25) is 0 Å². The fraction of sp³-hybridized carbons (Fsp3) is 1.00. The molecule has 2 heterocycles. The molecule has 27 heavy (non-hydrogen) atoms. The molecule has 0 amide bonds. The van der Waals surface area contributed by atoms with Crippen molar-refractivity contribution < 1.29 is 19.7 Å². The van der Waals surface area contributed by atoms with Crippen LogP contribution in [-0.2, 0) is 9.47 Å². The second-order valence-electron chi connectivity index (χ2n) is 8.40. The van der Waals surface area contributed by atoms with Crippen LogP contribution in [0.3, 0.4) is 0 Å². The number of aliphatic hydroxyl groups is 2. The summed E-state index contributed by atoms with van der Waals surface area (Å²) in [6.45, 7) is 7.56. The molecule has 2 aliphatic rings. The molecule has 160 valence electrons. The van der Waals surface area contributed by atoms with E-state index in [0.29, 0.717) is 19.4 Å². The van der Waals surface area contributed by atoms with Gasteiger partial charge in [-0.05, 0) is 51.6 Å². The van der Waals surface area contributed by atoms with Gasteiger partial charge in [-0.15, -0.1) is 0 Å². The van der Waals surface area contributed by atoms with Crippen molar-refractivity contribution in [3.05, 3.63) is 0 Å². The highest BCUT2D eigenvalue weighted by atomic mass is 16.7. The number of ether oxygens (including phenoxy) is 2. The van der Waals surface area contributed by atoms with Crippen LogP contribution in [0, 0.1) is 11.8 Å². The van der Waals surface area contributed by atoms with E-state index in [-0.39, 0.29) is 11.8 Å². The van der Waals surface area contributed by atoms with Crippen molar-refractivity contribution in [3.63, 3.8) is 0 Å². The van der Waals surface area contributed by atoms with E-state index in [0.717, 1.165) is 64.6 Å². The van der Waals surface area contributed by atoms with Crippen LogP contribution >= 0.6 is 0 Å². The first-order valence-electron chi connectivity index (χ1n) is 11.1. The minimum atomic E-state index is -1.49. The van der Waals surface area contributed by atoms with Crippen LogP contribution in [0.4, 0.5) is 0 Å². The van der Waals surface area contributed by atoms with Crippen molar-refractivity contribution in [1.29, 1.82) is 0 Å². The van der Waals surface area contributed by atoms with Crippen molar-refractivity contribution in [2.75, 3.05) is 33.3 Å². The van der Waals surface area contributed by atoms with Gasteiger partial charge in [0.15, 0.2) is 11.6 Å². The molecular weight excluding hydrogens is 344 g/mol. The minimum Gasteiger partial charge on any atom is -0.376 e. The standard InChI is InChI=1S/C21H42N2O4/c1-4-6-12-20(24,17-10-7-13-22-15-17)27-21(25,19(26-3)9-5-2)18-11-8-14-23-16-18/h17-19,22-25H,4-16H2,1-3H3/t17-,18-,19?,20?,21?/m1/s1. The van der Waals surface area contributed by atoms with Gasteiger partial charge in [-0.1, -0.05) is 26.7 Å². The second-order valence-corrected chi connectivity index (χ2v) is 8.40. The highest BCUT2D eigenvalue weighted by Gasteiger charge is 2.52. The van der Waals surface area contributed by atoms with Crippen molar-refractivity contribution in [2.45, 2.75) is 89.3 Å². The summed E-state index contributed by atoms with van der Waals surface area (Å²) in [4.78, 5) is 0. The van der Waals surface area contributed by atoms with Gasteiger partial charge in [0, 0.05) is 38.5 Å². The summed E-state index contributed by atoms with van der Waals surface area (Å²) in [6, 6.07) is 0. The molecule has 5 atom stereocenters. The zero-order chi connectivity index (χ0) is 19.8. The average molecular weight is 387 g/mol. The molecule has 2 fully saturated rings. The Morgan fingerprint density at radius 1 is 1.00 bits per heavy atom. The Bertz CT molecular complexity index is 406. The Hall–Kier alpha value is -0.240. The molecule has 2 rings (SSSR count). The fourth-order valence-corrected chi connectivity index (χ4v) is 4.66. The van der Waals surface area contributed by atoms with Gasteiger partial charge in [0.2, 0.25) is 0 Å². The molecule has 2 saturated heterocycles. The molecule has 4 N–H and O–H groups in total. The van der Waals surface area contributed by atoms with E-state index in [4.69, 9.17) is 9.47 Å². The van der Waals surface area contributed by atoms with E-state index >= 15 is 0 Å². The zero-order valence-electron chi connectivity index (χ0n) is 17.6. The lowest BCUT2D eigenvalue weighted by Crippen LogP contribution is -2.62. The summed E-state index contributed by atoms with van der Waals surface area (Å²) >= 11 is 0. The SMILES string of the molecule is CCCCC(O)(OC(O)(C(CCC)OC)[C@@H]1CCCNC1)[C@@H]1CCCNC1. The number of unbranched alkanes of at least 4 members (excludes halogenated alkanes) is 1. The van der Waals surface area contributed by atoms with Crippen LogP contribution in [0.2, 0.25) is 0 Å². The summed E-state index contributed by atoms with van der Waals surface area (Å²) < 4.78 is 12.1. The third-order valence-electron chi connectivity index (χ3n) is 6.34. The van der Waals surface area contributed by atoms with Gasteiger partial charge >= 0.3 is 0 Å². The molecule has 3 unspecified atom stereocenters. The van der Waals surface area contributed by atoms with E-state index in [2.05, 4.69) is 24.5 Å². The normalized spacial score (nSPS) is 29.7. The van der Waals surface area contributed by atoms with Gasteiger partial charge in [-0.2, -0.15) is 0 Å². The lowest BCUT2D eigenvalue weighted by Gasteiger charge is -2.49. The number of hydrogen-bond acceptors (Lipinski definition) is 6. The van der Waals surface area contributed by atoms with Crippen LogP contribution in [0.25, 0.3) is 0 Å². The Balaban J connectivity index is 2.29. The molecule has 0 aromatic heterocycles. The molecule has 6 heteroatoms. The van der Waals surface area contributed by atoms with Crippen LogP contribution < -0.4 is 10.6 Å². The average Bonchev–Trinajstić information content (AvgIpc) is 2.71. The van der Waals surface area contributed by atoms with Crippen LogP contribution in [0.15, 0.2) is 0 Å². The highest BCUT2D eigenvalue weighted by molar-refractivity contribution is 4.93. The minimum absolute atomic E-state index is 0.0139. The Morgan fingerprint density at radius 3 is 2.11 bits per heavy atom. The lowest BCUT2D eigenvalue weighted by atomic mass is 9.83. The number of methoxy groups -OCH3 is 1. The van der Waals surface area contributed by atoms with E-state index in [9.17, 15) is 10.2 Å². The van der Waals surface area contributed by atoms with E-state index in [1.165, 1.54) is 0 Å². The molecular formula is C21H42N2O4. The molecule has 0 saturated carbocycles. The summed E-state index contributed by atoms with van der Waals surface area (Å²) in [7, 11) is 1.64. The monoisotopic (exact) mass is 386 g/mol. The summed E-state index contributed by atoms with van der Waals surface area (Å²) in [5.41, 5.74) is 0. The smallest absolute Gasteiger partial charge is 0.199 e. The van der Waals surface area contributed by atoms with E-state index in [1.54, 1.807) is 7.11 Å². The van der Waals surface area contributed by atoms with Gasteiger partial charge < -0.3 is 30.3 Å². The Morgan fingerprint density at radius 2 is 1.63 bits per heavy atom. The molecule has 0 spiro atoms. The zero-order valence-corrected chi connectivity index (χ0v) is 17.6. The quantitative estimate of drug-likeness (QED) is 0.408. The molecule has 6 nitrogen and oxygen atoms in total. The first kappa shape index (κ1) is 23.0. The van der Waals surface area contributed by atoms with Crippen molar-refractivity contribution in [3.8, 4) is 0 Å². The maximum absolute atomic E-state index is 11.8. The van der Waals surface area contributed by atoms with Crippen molar-refractivity contribution >= 4 is 0 Å². The molecule has 0 bridgehead atoms. The van der Waals surface area contributed by atoms with Gasteiger partial charge in [-0.25, -0.2) is 0 Å². The summed E-state index contributed by atoms with van der Waals surface area (Å²) in [5, 5.41) is 30.2. The Kier molecular flexibility index (Phi) is 9.45. The molecule has 0 radical (unpaired) electrons. The van der Waals surface area contributed by atoms with Crippen molar-refractivity contribution in [1.82, 2.24) is 10.6 Å². The predicted molar refractivity (Wildman–Crippen MR) is 107 cm³/mol. The van der Waals surface area contributed by atoms with Gasteiger partial charge in [0.25, 0.3) is 0 Å². The first-order chi connectivity index (χ1) is 13.0. The topological polar surface area (TPSA) is 83.0 Å². The number of hydrogen-bond donors (Lipinski definition) is 4. The number of rotatable bonds is 11. The number of nitrogens with one attached hydrogen (secondary N) is 2. The maximum atomic E-state index is 11.8. The molecule has 0 aromatic rings. The van der Waals surface area contributed by atoms with Crippen LogP contribution in [-0.4, -0.2) is 61.2 Å². The van der Waals surface area contributed by atoms with Gasteiger partial charge in [0.1, 0.15) is 6.10 Å². The maximum Gasteiger partial charge on any atom is 0.199 e. The van der Waals surface area contributed by atoms with E-state index < -0.39 is 17.7 Å². The molecule has 0 aliphatic carbocycles. The first-order valence-corrected chi connectivity index (χ1v) is 11.1. The van der Waals surface area contributed by atoms with Crippen molar-refractivity contribution in [2.24, 2.45) is 11.8 Å². The molecule has 0 aromatic carbocycles. The third-order valence-corrected chi connectivity index (χ3v) is 6.34. The highest BCUT2D eigenvalue weighted by Crippen LogP contribution is 2.40. The molecule has 2 aliphatic heterocycles. The Labute approximate surface area is 165 Å². The second kappa shape index (κ2) is 11.1. The van der Waals surface area contributed by atoms with Crippen LogP contribution in [0.1, 0.15) is 71.6 Å². The predicted octanol–water partition coefficient (Wildman–Crippen LogP) is 2.38. The summed E-state index contributed by atoms with van der Waals surface area (Å²) in [6.07, 6.45) is 7.36.